The lowest BCUT2D eigenvalue weighted by Crippen LogP contribution is -2.46. The minimum Gasteiger partial charge on any atom is -0.390 e. The molecule has 0 aromatic carbocycles. The van der Waals surface area contributed by atoms with Gasteiger partial charge in [-0.25, -0.2) is 0 Å². The number of hydrogen-bond donors (Lipinski definition) is 2. The summed E-state index contributed by atoms with van der Waals surface area (Å²) in [5.74, 6) is 0. The third kappa shape index (κ3) is 5.82. The summed E-state index contributed by atoms with van der Waals surface area (Å²) in [6.07, 6.45) is 3.33. The van der Waals surface area contributed by atoms with Gasteiger partial charge in [0.1, 0.15) is 0 Å². The zero-order chi connectivity index (χ0) is 12.7. The van der Waals surface area contributed by atoms with Crippen LogP contribution in [0.4, 0.5) is 0 Å². The molecular formula is C13H29N3O. The third-order valence-electron chi connectivity index (χ3n) is 3.62. The maximum Gasteiger partial charge on any atom is 0.0791 e. The fourth-order valence-corrected chi connectivity index (χ4v) is 2.43. The topological polar surface area (TPSA) is 38.7 Å². The van der Waals surface area contributed by atoms with Crippen LogP contribution in [0.3, 0.4) is 0 Å². The van der Waals surface area contributed by atoms with E-state index in [4.69, 9.17) is 0 Å². The average molecular weight is 243 g/mol. The van der Waals surface area contributed by atoms with Crippen LogP contribution in [-0.4, -0.2) is 73.9 Å². The Balaban J connectivity index is 2.16. The Morgan fingerprint density at radius 3 is 2.65 bits per heavy atom. The van der Waals surface area contributed by atoms with E-state index in [1.807, 2.05) is 0 Å². The number of rotatable bonds is 7. The van der Waals surface area contributed by atoms with Gasteiger partial charge >= 0.3 is 0 Å². The van der Waals surface area contributed by atoms with Gasteiger partial charge in [0.2, 0.25) is 0 Å². The van der Waals surface area contributed by atoms with Crippen LogP contribution >= 0.6 is 0 Å². The molecule has 0 aliphatic carbocycles. The molecule has 1 atom stereocenters. The van der Waals surface area contributed by atoms with Crippen molar-refractivity contribution in [2.24, 2.45) is 0 Å². The minimum absolute atomic E-state index is 0.244. The highest BCUT2D eigenvalue weighted by molar-refractivity contribution is 4.78. The first-order valence-electron chi connectivity index (χ1n) is 6.91. The molecule has 0 bridgehead atoms. The van der Waals surface area contributed by atoms with Crippen LogP contribution in [0.1, 0.15) is 26.2 Å². The lowest BCUT2D eigenvalue weighted by atomic mass is 10.0. The number of aliphatic hydroxyl groups excluding tert-OH is 1. The Bertz CT molecular complexity index is 193. The summed E-state index contributed by atoms with van der Waals surface area (Å²) >= 11 is 0. The van der Waals surface area contributed by atoms with E-state index in [-0.39, 0.29) is 6.10 Å². The van der Waals surface area contributed by atoms with E-state index in [0.717, 1.165) is 19.5 Å². The molecule has 1 fully saturated rings. The van der Waals surface area contributed by atoms with Crippen LogP contribution in [0.15, 0.2) is 0 Å². The molecule has 1 aliphatic rings. The maximum absolute atomic E-state index is 9.91. The fourth-order valence-electron chi connectivity index (χ4n) is 2.43. The molecule has 102 valence electrons. The van der Waals surface area contributed by atoms with Gasteiger partial charge in [-0.15, -0.1) is 0 Å². The van der Waals surface area contributed by atoms with Gasteiger partial charge in [0.25, 0.3) is 0 Å². The number of nitrogens with one attached hydrogen (secondary N) is 1. The lowest BCUT2D eigenvalue weighted by molar-refractivity contribution is 0.0787. The van der Waals surface area contributed by atoms with E-state index in [0.29, 0.717) is 12.6 Å². The summed E-state index contributed by atoms with van der Waals surface area (Å²) < 4.78 is 0. The zero-order valence-electron chi connectivity index (χ0n) is 11.7. The summed E-state index contributed by atoms with van der Waals surface area (Å²) in [5.41, 5.74) is 0. The number of likely N-dealkylation sites (N-methyl/N-ethyl adjacent to an activating group) is 1. The van der Waals surface area contributed by atoms with Crippen molar-refractivity contribution in [1.82, 2.24) is 15.1 Å². The molecule has 0 radical (unpaired) electrons. The Kier molecular flexibility index (Phi) is 7.04. The summed E-state index contributed by atoms with van der Waals surface area (Å²) in [6, 6.07) is 0.645. The second-order valence-electron chi connectivity index (χ2n) is 5.33. The van der Waals surface area contributed by atoms with Gasteiger partial charge in [-0.2, -0.15) is 0 Å². The first-order valence-corrected chi connectivity index (χ1v) is 6.91. The van der Waals surface area contributed by atoms with Gasteiger partial charge in [-0.3, -0.25) is 0 Å². The monoisotopic (exact) mass is 243 g/mol. The van der Waals surface area contributed by atoms with Gasteiger partial charge in [0, 0.05) is 19.1 Å². The molecule has 0 saturated carbocycles. The fraction of sp³-hybridized carbons (Fsp3) is 1.00. The molecule has 0 aromatic rings. The van der Waals surface area contributed by atoms with E-state index in [2.05, 4.69) is 36.1 Å². The molecule has 2 N–H and O–H groups in total. The summed E-state index contributed by atoms with van der Waals surface area (Å²) in [5, 5.41) is 13.2. The highest BCUT2D eigenvalue weighted by Crippen LogP contribution is 2.14. The van der Waals surface area contributed by atoms with Crippen LogP contribution < -0.4 is 5.32 Å². The first kappa shape index (κ1) is 14.9. The van der Waals surface area contributed by atoms with E-state index >= 15 is 0 Å². The smallest absolute Gasteiger partial charge is 0.0791 e. The number of aliphatic hydroxyl groups is 1. The van der Waals surface area contributed by atoms with Crippen molar-refractivity contribution in [3.63, 3.8) is 0 Å². The summed E-state index contributed by atoms with van der Waals surface area (Å²) in [6.45, 7) is 6.99. The molecule has 1 heterocycles. The standard InChI is InChI=1S/C13H29N3O/c1-4-7-14-10-13(17)11-16(3)12-5-8-15(2)9-6-12/h12-14,17H,4-11H2,1-3H3. The molecule has 0 aromatic heterocycles. The number of nitrogens with zero attached hydrogens (tertiary/aromatic N) is 2. The molecular weight excluding hydrogens is 214 g/mol. The molecule has 0 spiro atoms. The second kappa shape index (κ2) is 8.03. The van der Waals surface area contributed by atoms with Crippen LogP contribution in [0.2, 0.25) is 0 Å². The molecule has 4 heteroatoms. The highest BCUT2D eigenvalue weighted by atomic mass is 16.3. The molecule has 1 unspecified atom stereocenters. The molecule has 1 aliphatic heterocycles. The Labute approximate surface area is 106 Å². The van der Waals surface area contributed by atoms with Crippen molar-refractivity contribution < 1.29 is 5.11 Å². The number of hydrogen-bond acceptors (Lipinski definition) is 4. The van der Waals surface area contributed by atoms with Crippen molar-refractivity contribution in [2.75, 3.05) is 46.8 Å². The molecule has 0 amide bonds. The molecule has 17 heavy (non-hydrogen) atoms. The largest absolute Gasteiger partial charge is 0.390 e. The third-order valence-corrected chi connectivity index (χ3v) is 3.62. The Morgan fingerprint density at radius 2 is 2.06 bits per heavy atom. The molecule has 4 nitrogen and oxygen atoms in total. The van der Waals surface area contributed by atoms with Gasteiger partial charge in [-0.1, -0.05) is 6.92 Å². The maximum atomic E-state index is 9.91. The van der Waals surface area contributed by atoms with Crippen molar-refractivity contribution in [2.45, 2.75) is 38.3 Å². The molecule has 1 saturated heterocycles. The van der Waals surface area contributed by atoms with Gasteiger partial charge in [0.05, 0.1) is 6.10 Å². The van der Waals surface area contributed by atoms with E-state index in [1.165, 1.54) is 25.9 Å². The first-order chi connectivity index (χ1) is 8.13. The minimum atomic E-state index is -0.244. The van der Waals surface area contributed by atoms with Crippen molar-refractivity contribution in [3.05, 3.63) is 0 Å². The predicted molar refractivity (Wildman–Crippen MR) is 72.3 cm³/mol. The normalized spacial score (nSPS) is 21.0. The predicted octanol–water partition coefficient (Wildman–Crippen LogP) is 0.373. The van der Waals surface area contributed by atoms with E-state index in [9.17, 15) is 5.11 Å². The highest BCUT2D eigenvalue weighted by Gasteiger charge is 2.21. The Morgan fingerprint density at radius 1 is 1.41 bits per heavy atom. The number of likely N-dealkylation sites (tertiary alicyclic amines) is 1. The van der Waals surface area contributed by atoms with Gasteiger partial charge in [-0.05, 0) is 53.0 Å². The second-order valence-corrected chi connectivity index (χ2v) is 5.33. The van der Waals surface area contributed by atoms with Gasteiger partial charge in [0.15, 0.2) is 0 Å². The van der Waals surface area contributed by atoms with Crippen molar-refractivity contribution in [3.8, 4) is 0 Å². The molecule has 1 rings (SSSR count). The van der Waals surface area contributed by atoms with Crippen LogP contribution in [-0.2, 0) is 0 Å². The summed E-state index contributed by atoms with van der Waals surface area (Å²) in [7, 11) is 4.32. The van der Waals surface area contributed by atoms with Crippen molar-refractivity contribution >= 4 is 0 Å². The quantitative estimate of drug-likeness (QED) is 0.634. The number of piperidine rings is 1. The van der Waals surface area contributed by atoms with Crippen molar-refractivity contribution in [1.29, 1.82) is 0 Å². The Hall–Kier alpha value is -0.160. The van der Waals surface area contributed by atoms with E-state index < -0.39 is 0 Å². The lowest BCUT2D eigenvalue weighted by Gasteiger charge is -2.36. The van der Waals surface area contributed by atoms with Gasteiger partial charge < -0.3 is 20.2 Å². The van der Waals surface area contributed by atoms with Crippen LogP contribution in [0, 0.1) is 0 Å². The van der Waals surface area contributed by atoms with Crippen LogP contribution in [0.25, 0.3) is 0 Å². The van der Waals surface area contributed by atoms with Crippen LogP contribution in [0.5, 0.6) is 0 Å². The van der Waals surface area contributed by atoms with E-state index in [1.54, 1.807) is 0 Å². The SMILES string of the molecule is CCCNCC(O)CN(C)C1CCN(C)CC1. The summed E-state index contributed by atoms with van der Waals surface area (Å²) in [4.78, 5) is 4.70. The average Bonchev–Trinajstić information content (AvgIpc) is 2.30. The zero-order valence-corrected chi connectivity index (χ0v) is 11.7.